The summed E-state index contributed by atoms with van der Waals surface area (Å²) in [6, 6.07) is 8.06. The standard InChI is InChI=1S/C18H30N2O.ClH/c1-13(2)16(19)11-12-20(6)17(21)14-7-9-15(10-8-14)18(3,4)5;/h7-10,13,16H,11-12,19H2,1-6H3;1H. The molecule has 0 radical (unpaired) electrons. The van der Waals surface area contributed by atoms with Crippen molar-refractivity contribution in [1.29, 1.82) is 0 Å². The highest BCUT2D eigenvalue weighted by atomic mass is 35.5. The van der Waals surface area contributed by atoms with Gasteiger partial charge in [-0.3, -0.25) is 4.79 Å². The van der Waals surface area contributed by atoms with E-state index in [-0.39, 0.29) is 29.8 Å². The van der Waals surface area contributed by atoms with Crippen LogP contribution in [0.4, 0.5) is 0 Å². The largest absolute Gasteiger partial charge is 0.342 e. The van der Waals surface area contributed by atoms with Crippen LogP contribution in [0.1, 0.15) is 57.0 Å². The van der Waals surface area contributed by atoms with E-state index >= 15 is 0 Å². The fourth-order valence-electron chi connectivity index (χ4n) is 2.11. The van der Waals surface area contributed by atoms with Gasteiger partial charge in [-0.2, -0.15) is 0 Å². The Morgan fingerprint density at radius 1 is 1.18 bits per heavy atom. The summed E-state index contributed by atoms with van der Waals surface area (Å²) in [6.07, 6.45) is 0.833. The molecule has 0 saturated carbocycles. The second kappa shape index (κ2) is 8.54. The van der Waals surface area contributed by atoms with Crippen LogP contribution in [-0.4, -0.2) is 30.4 Å². The predicted octanol–water partition coefficient (Wildman–Crippen LogP) is 3.85. The normalized spacial score (nSPS) is 12.7. The third-order valence-electron chi connectivity index (χ3n) is 4.00. The minimum Gasteiger partial charge on any atom is -0.342 e. The van der Waals surface area contributed by atoms with Crippen LogP contribution in [0.5, 0.6) is 0 Å². The molecule has 0 aliphatic carbocycles. The van der Waals surface area contributed by atoms with E-state index in [9.17, 15) is 4.79 Å². The molecule has 0 aliphatic heterocycles. The predicted molar refractivity (Wildman–Crippen MR) is 96.8 cm³/mol. The maximum Gasteiger partial charge on any atom is 0.253 e. The number of amides is 1. The molecule has 0 heterocycles. The van der Waals surface area contributed by atoms with E-state index < -0.39 is 0 Å². The number of hydrogen-bond donors (Lipinski definition) is 1. The SMILES string of the molecule is CC(C)C(N)CCN(C)C(=O)c1ccc(C(C)(C)C)cc1.Cl. The molecule has 2 N–H and O–H groups in total. The molecule has 0 aliphatic rings. The highest BCUT2D eigenvalue weighted by Gasteiger charge is 2.17. The second-order valence-corrected chi connectivity index (χ2v) is 7.25. The Morgan fingerprint density at radius 2 is 1.68 bits per heavy atom. The van der Waals surface area contributed by atoms with Crippen molar-refractivity contribution in [1.82, 2.24) is 4.90 Å². The van der Waals surface area contributed by atoms with Gasteiger partial charge in [-0.15, -0.1) is 12.4 Å². The molecule has 1 rings (SSSR count). The maximum atomic E-state index is 12.4. The fraction of sp³-hybridized carbons (Fsp3) is 0.611. The summed E-state index contributed by atoms with van der Waals surface area (Å²) in [7, 11) is 1.84. The number of nitrogens with two attached hydrogens (primary N) is 1. The lowest BCUT2D eigenvalue weighted by Gasteiger charge is -2.22. The minimum absolute atomic E-state index is 0. The molecule has 22 heavy (non-hydrogen) atoms. The molecule has 0 spiro atoms. The van der Waals surface area contributed by atoms with Crippen LogP contribution in [0.15, 0.2) is 24.3 Å². The van der Waals surface area contributed by atoms with Crippen molar-refractivity contribution in [3.8, 4) is 0 Å². The Kier molecular flexibility index (Phi) is 8.13. The van der Waals surface area contributed by atoms with E-state index in [0.717, 1.165) is 12.0 Å². The molecule has 0 aromatic heterocycles. The maximum absolute atomic E-state index is 12.4. The Balaban J connectivity index is 0.00000441. The highest BCUT2D eigenvalue weighted by Crippen LogP contribution is 2.22. The van der Waals surface area contributed by atoms with Gasteiger partial charge in [0.1, 0.15) is 0 Å². The number of nitrogens with zero attached hydrogens (tertiary/aromatic N) is 1. The van der Waals surface area contributed by atoms with E-state index in [4.69, 9.17) is 5.73 Å². The molecule has 0 bridgehead atoms. The summed E-state index contributed by atoms with van der Waals surface area (Å²) in [5, 5.41) is 0. The average molecular weight is 327 g/mol. The molecular formula is C18H31ClN2O. The first kappa shape index (κ1) is 20.9. The summed E-state index contributed by atoms with van der Waals surface area (Å²) in [5.74, 6) is 0.506. The summed E-state index contributed by atoms with van der Waals surface area (Å²) >= 11 is 0. The van der Waals surface area contributed by atoms with E-state index in [2.05, 4.69) is 34.6 Å². The van der Waals surface area contributed by atoms with Gasteiger partial charge in [0.15, 0.2) is 0 Å². The van der Waals surface area contributed by atoms with E-state index in [1.165, 1.54) is 5.56 Å². The highest BCUT2D eigenvalue weighted by molar-refractivity contribution is 5.94. The Labute approximate surface area is 141 Å². The lowest BCUT2D eigenvalue weighted by molar-refractivity contribution is 0.0789. The van der Waals surface area contributed by atoms with Gasteiger partial charge in [-0.25, -0.2) is 0 Å². The van der Waals surface area contributed by atoms with Gasteiger partial charge in [-0.1, -0.05) is 46.8 Å². The van der Waals surface area contributed by atoms with Gasteiger partial charge in [0.05, 0.1) is 0 Å². The Hall–Kier alpha value is -1.06. The molecule has 1 atom stereocenters. The van der Waals surface area contributed by atoms with Crippen LogP contribution in [0.25, 0.3) is 0 Å². The number of hydrogen-bond acceptors (Lipinski definition) is 2. The second-order valence-electron chi connectivity index (χ2n) is 7.25. The van der Waals surface area contributed by atoms with E-state index in [0.29, 0.717) is 12.5 Å². The number of benzene rings is 1. The zero-order valence-corrected chi connectivity index (χ0v) is 15.5. The zero-order valence-electron chi connectivity index (χ0n) is 14.7. The Bertz CT molecular complexity index is 463. The first-order valence-electron chi connectivity index (χ1n) is 7.74. The molecular weight excluding hydrogens is 296 g/mol. The van der Waals surface area contributed by atoms with Crippen molar-refractivity contribution in [2.75, 3.05) is 13.6 Å². The quantitative estimate of drug-likeness (QED) is 0.893. The number of halogens is 1. The van der Waals surface area contributed by atoms with Gasteiger partial charge in [0, 0.05) is 25.2 Å². The lowest BCUT2D eigenvalue weighted by atomic mass is 9.86. The number of rotatable bonds is 5. The molecule has 126 valence electrons. The lowest BCUT2D eigenvalue weighted by Crippen LogP contribution is -2.34. The van der Waals surface area contributed by atoms with Gasteiger partial charge >= 0.3 is 0 Å². The van der Waals surface area contributed by atoms with Crippen LogP contribution in [-0.2, 0) is 5.41 Å². The third kappa shape index (κ3) is 5.98. The molecule has 0 fully saturated rings. The molecule has 0 saturated heterocycles. The van der Waals surface area contributed by atoms with Gasteiger partial charge in [0.2, 0.25) is 0 Å². The van der Waals surface area contributed by atoms with Crippen molar-refractivity contribution in [3.63, 3.8) is 0 Å². The smallest absolute Gasteiger partial charge is 0.253 e. The minimum atomic E-state index is 0. The van der Waals surface area contributed by atoms with Crippen molar-refractivity contribution in [3.05, 3.63) is 35.4 Å². The van der Waals surface area contributed by atoms with Crippen molar-refractivity contribution in [2.45, 2.75) is 52.5 Å². The molecule has 1 amide bonds. The summed E-state index contributed by atoms with van der Waals surface area (Å²) in [6.45, 7) is 11.4. The topological polar surface area (TPSA) is 46.3 Å². The number of carbonyl (C=O) groups excluding carboxylic acids is 1. The van der Waals surface area contributed by atoms with Gasteiger partial charge in [0.25, 0.3) is 5.91 Å². The zero-order chi connectivity index (χ0) is 16.2. The van der Waals surface area contributed by atoms with Crippen molar-refractivity contribution < 1.29 is 4.79 Å². The fourth-order valence-corrected chi connectivity index (χ4v) is 2.11. The van der Waals surface area contributed by atoms with Gasteiger partial charge < -0.3 is 10.6 Å². The molecule has 1 aromatic rings. The van der Waals surface area contributed by atoms with Gasteiger partial charge in [-0.05, 0) is 35.4 Å². The van der Waals surface area contributed by atoms with Crippen LogP contribution < -0.4 is 5.73 Å². The molecule has 1 aromatic carbocycles. The van der Waals surface area contributed by atoms with Crippen LogP contribution in [0.3, 0.4) is 0 Å². The first-order valence-corrected chi connectivity index (χ1v) is 7.74. The third-order valence-corrected chi connectivity index (χ3v) is 4.00. The number of carbonyl (C=O) groups is 1. The molecule has 4 heteroatoms. The summed E-state index contributed by atoms with van der Waals surface area (Å²) in [4.78, 5) is 14.1. The first-order chi connectivity index (χ1) is 9.62. The van der Waals surface area contributed by atoms with Crippen molar-refractivity contribution >= 4 is 18.3 Å². The molecule has 1 unspecified atom stereocenters. The monoisotopic (exact) mass is 326 g/mol. The van der Waals surface area contributed by atoms with E-state index in [1.54, 1.807) is 4.90 Å². The van der Waals surface area contributed by atoms with E-state index in [1.807, 2.05) is 31.3 Å². The summed E-state index contributed by atoms with van der Waals surface area (Å²) < 4.78 is 0. The molecule has 3 nitrogen and oxygen atoms in total. The van der Waals surface area contributed by atoms with Crippen LogP contribution >= 0.6 is 12.4 Å². The average Bonchev–Trinajstić information content (AvgIpc) is 2.42. The Morgan fingerprint density at radius 3 is 2.09 bits per heavy atom. The van der Waals surface area contributed by atoms with Crippen molar-refractivity contribution in [2.24, 2.45) is 11.7 Å². The van der Waals surface area contributed by atoms with Crippen LogP contribution in [0, 0.1) is 5.92 Å². The van der Waals surface area contributed by atoms with Crippen LogP contribution in [0.2, 0.25) is 0 Å². The summed E-state index contributed by atoms with van der Waals surface area (Å²) in [5.41, 5.74) is 8.12.